The van der Waals surface area contributed by atoms with Crippen LogP contribution in [0.1, 0.15) is 5.56 Å². The van der Waals surface area contributed by atoms with E-state index in [1.165, 1.54) is 29.5 Å². The molecule has 0 fully saturated rings. The summed E-state index contributed by atoms with van der Waals surface area (Å²) in [5.74, 6) is 1.02. The van der Waals surface area contributed by atoms with Crippen molar-refractivity contribution in [1.82, 2.24) is 19.7 Å². The summed E-state index contributed by atoms with van der Waals surface area (Å²) in [5, 5.41) is 3.78. The summed E-state index contributed by atoms with van der Waals surface area (Å²) in [6.45, 7) is 0. The molecule has 0 radical (unpaired) electrons. The van der Waals surface area contributed by atoms with Crippen LogP contribution in [0.2, 0.25) is 10.0 Å². The van der Waals surface area contributed by atoms with E-state index in [-0.39, 0.29) is 15.7 Å². The van der Waals surface area contributed by atoms with Gasteiger partial charge in [-0.3, -0.25) is 4.98 Å². The molecule has 0 bridgehead atoms. The first-order valence-electron chi connectivity index (χ1n) is 6.89. The molecule has 0 unspecified atom stereocenters. The summed E-state index contributed by atoms with van der Waals surface area (Å²) in [4.78, 5) is 9.81. The number of aromatic nitrogens is 4. The Labute approximate surface area is 150 Å². The number of hydrogen-bond acceptors (Lipinski definition) is 4. The van der Waals surface area contributed by atoms with Crippen molar-refractivity contribution in [2.45, 2.75) is 6.18 Å². The van der Waals surface area contributed by atoms with E-state index in [9.17, 15) is 13.2 Å². The third kappa shape index (κ3) is 3.40. The molecule has 0 aliphatic heterocycles. The normalized spacial score (nSPS) is 11.6. The van der Waals surface area contributed by atoms with Crippen molar-refractivity contribution >= 4 is 34.8 Å². The van der Waals surface area contributed by atoms with Gasteiger partial charge in [-0.25, -0.2) is 9.67 Å². The first-order chi connectivity index (χ1) is 11.8. The molecule has 1 aromatic carbocycles. The van der Waals surface area contributed by atoms with Crippen molar-refractivity contribution < 1.29 is 13.2 Å². The van der Waals surface area contributed by atoms with Crippen LogP contribution in [0.5, 0.6) is 0 Å². The Morgan fingerprint density at radius 2 is 1.76 bits per heavy atom. The van der Waals surface area contributed by atoms with E-state index in [1.54, 1.807) is 18.0 Å². The monoisotopic (exact) mass is 387 g/mol. The Bertz CT molecular complexity index is 873. The van der Waals surface area contributed by atoms with E-state index >= 15 is 0 Å². The van der Waals surface area contributed by atoms with Gasteiger partial charge in [0.25, 0.3) is 0 Å². The standard InChI is InChI=1S/C15H10Cl2F3N5/c1-24(12-8-21-4-5-22-12)13-2-3-23-25(13)14-10(16)6-9(7-11(14)17)15(18,19)20/h2-8H,1H3. The lowest BCUT2D eigenvalue weighted by Gasteiger charge is -2.20. The van der Waals surface area contributed by atoms with E-state index in [0.29, 0.717) is 11.6 Å². The minimum Gasteiger partial charge on any atom is -0.313 e. The van der Waals surface area contributed by atoms with Crippen molar-refractivity contribution in [2.75, 3.05) is 11.9 Å². The van der Waals surface area contributed by atoms with Crippen LogP contribution in [0.4, 0.5) is 24.8 Å². The lowest BCUT2D eigenvalue weighted by molar-refractivity contribution is -0.137. The number of benzene rings is 1. The molecule has 0 saturated carbocycles. The Morgan fingerprint density at radius 3 is 2.32 bits per heavy atom. The van der Waals surface area contributed by atoms with Crippen LogP contribution >= 0.6 is 23.2 Å². The maximum atomic E-state index is 12.9. The number of rotatable bonds is 3. The first kappa shape index (κ1) is 17.5. The summed E-state index contributed by atoms with van der Waals surface area (Å²) < 4.78 is 40.0. The molecule has 0 aliphatic carbocycles. The van der Waals surface area contributed by atoms with Gasteiger partial charge in [0.2, 0.25) is 0 Å². The first-order valence-corrected chi connectivity index (χ1v) is 7.65. The number of hydrogen-bond donors (Lipinski definition) is 0. The van der Waals surface area contributed by atoms with E-state index in [0.717, 1.165) is 12.1 Å². The van der Waals surface area contributed by atoms with E-state index in [1.807, 2.05) is 0 Å². The Morgan fingerprint density at radius 1 is 1.08 bits per heavy atom. The fourth-order valence-corrected chi connectivity index (χ4v) is 2.88. The van der Waals surface area contributed by atoms with Crippen LogP contribution < -0.4 is 4.90 Å². The summed E-state index contributed by atoms with van der Waals surface area (Å²) in [6, 6.07) is 3.28. The van der Waals surface area contributed by atoms with Gasteiger partial charge in [-0.05, 0) is 12.1 Å². The molecule has 2 aromatic heterocycles. The molecule has 2 heterocycles. The van der Waals surface area contributed by atoms with Crippen molar-refractivity contribution in [1.29, 1.82) is 0 Å². The number of halogens is 5. The molecule has 130 valence electrons. The fourth-order valence-electron chi connectivity index (χ4n) is 2.24. The highest BCUT2D eigenvalue weighted by atomic mass is 35.5. The molecule has 0 amide bonds. The van der Waals surface area contributed by atoms with Crippen LogP contribution in [0.3, 0.4) is 0 Å². The van der Waals surface area contributed by atoms with E-state index in [4.69, 9.17) is 23.2 Å². The number of alkyl halides is 3. The van der Waals surface area contributed by atoms with Crippen LogP contribution in [-0.2, 0) is 6.18 Å². The lowest BCUT2D eigenvalue weighted by Crippen LogP contribution is -2.16. The summed E-state index contributed by atoms with van der Waals surface area (Å²) >= 11 is 12.1. The molecule has 10 heteroatoms. The minimum absolute atomic E-state index is 0.145. The zero-order valence-electron chi connectivity index (χ0n) is 12.7. The fraction of sp³-hybridized carbons (Fsp3) is 0.133. The highest BCUT2D eigenvalue weighted by Gasteiger charge is 2.32. The molecule has 25 heavy (non-hydrogen) atoms. The third-order valence-electron chi connectivity index (χ3n) is 3.42. The Kier molecular flexibility index (Phi) is 4.57. The largest absolute Gasteiger partial charge is 0.416 e. The molecular weight excluding hydrogens is 378 g/mol. The number of anilines is 2. The van der Waals surface area contributed by atoms with E-state index in [2.05, 4.69) is 15.1 Å². The molecule has 0 aliphatic rings. The zero-order chi connectivity index (χ0) is 18.2. The van der Waals surface area contributed by atoms with Gasteiger partial charge in [-0.1, -0.05) is 23.2 Å². The zero-order valence-corrected chi connectivity index (χ0v) is 14.2. The van der Waals surface area contributed by atoms with Gasteiger partial charge < -0.3 is 4.90 Å². The second-order valence-electron chi connectivity index (χ2n) is 5.01. The van der Waals surface area contributed by atoms with Gasteiger partial charge in [0.05, 0.1) is 28.0 Å². The van der Waals surface area contributed by atoms with Crippen molar-refractivity contribution in [3.05, 3.63) is 58.6 Å². The van der Waals surface area contributed by atoms with Crippen LogP contribution in [-0.4, -0.2) is 26.8 Å². The van der Waals surface area contributed by atoms with Crippen LogP contribution in [0, 0.1) is 0 Å². The van der Waals surface area contributed by atoms with Crippen molar-refractivity contribution in [3.63, 3.8) is 0 Å². The van der Waals surface area contributed by atoms with Gasteiger partial charge in [0.15, 0.2) is 5.82 Å². The predicted molar refractivity (Wildman–Crippen MR) is 88.7 cm³/mol. The molecule has 3 rings (SSSR count). The second kappa shape index (κ2) is 6.53. The quantitative estimate of drug-likeness (QED) is 0.650. The molecular formula is C15H10Cl2F3N5. The molecule has 0 saturated heterocycles. The highest BCUT2D eigenvalue weighted by molar-refractivity contribution is 6.38. The molecule has 0 N–H and O–H groups in total. The van der Waals surface area contributed by atoms with Gasteiger partial charge in [0, 0.05) is 25.5 Å². The number of nitrogens with zero attached hydrogens (tertiary/aromatic N) is 5. The molecule has 0 spiro atoms. The van der Waals surface area contributed by atoms with Crippen LogP contribution in [0.15, 0.2) is 43.0 Å². The average molecular weight is 388 g/mol. The van der Waals surface area contributed by atoms with Crippen molar-refractivity contribution in [2.24, 2.45) is 0 Å². The van der Waals surface area contributed by atoms with Crippen molar-refractivity contribution in [3.8, 4) is 5.69 Å². The molecule has 0 atom stereocenters. The predicted octanol–water partition coefficient (Wildman–Crippen LogP) is 4.76. The van der Waals surface area contributed by atoms with Crippen LogP contribution in [0.25, 0.3) is 5.69 Å². The molecule has 3 aromatic rings. The minimum atomic E-state index is -4.55. The average Bonchev–Trinajstić information content (AvgIpc) is 3.02. The summed E-state index contributed by atoms with van der Waals surface area (Å²) in [6.07, 6.45) is 1.51. The maximum absolute atomic E-state index is 12.9. The summed E-state index contributed by atoms with van der Waals surface area (Å²) in [5.41, 5.74) is -0.783. The third-order valence-corrected chi connectivity index (χ3v) is 3.99. The Balaban J connectivity index is 2.09. The second-order valence-corrected chi connectivity index (χ2v) is 5.82. The summed E-state index contributed by atoms with van der Waals surface area (Å²) in [7, 11) is 1.71. The van der Waals surface area contributed by atoms with Gasteiger partial charge in [-0.15, -0.1) is 0 Å². The topological polar surface area (TPSA) is 46.8 Å². The smallest absolute Gasteiger partial charge is 0.313 e. The molecule has 5 nitrogen and oxygen atoms in total. The van der Waals surface area contributed by atoms with Gasteiger partial charge >= 0.3 is 6.18 Å². The maximum Gasteiger partial charge on any atom is 0.416 e. The lowest BCUT2D eigenvalue weighted by atomic mass is 10.2. The SMILES string of the molecule is CN(c1cnccn1)c1ccnn1-c1c(Cl)cc(C(F)(F)F)cc1Cl. The Hall–Kier alpha value is -2.32. The van der Waals surface area contributed by atoms with Gasteiger partial charge in [-0.2, -0.15) is 18.3 Å². The highest BCUT2D eigenvalue weighted by Crippen LogP contribution is 2.38. The van der Waals surface area contributed by atoms with Gasteiger partial charge in [0.1, 0.15) is 11.5 Å². The van der Waals surface area contributed by atoms with E-state index < -0.39 is 11.7 Å².